The fourth-order valence-electron chi connectivity index (χ4n) is 3.89. The first kappa shape index (κ1) is 32.1. The van der Waals surface area contributed by atoms with Crippen molar-refractivity contribution < 1.29 is 49.9 Å². The number of hydrogen-bond donors (Lipinski definition) is 0. The number of aromatic nitrogens is 1. The number of carbonyl (C=O) groups excluding carboxylic acids is 1. The van der Waals surface area contributed by atoms with E-state index in [1.807, 2.05) is 0 Å². The molecule has 0 bridgehead atoms. The lowest BCUT2D eigenvalue weighted by molar-refractivity contribution is -0.605. The first-order valence-corrected chi connectivity index (χ1v) is 14.9. The van der Waals surface area contributed by atoms with Crippen LogP contribution in [0.15, 0.2) is 60.8 Å². The molecule has 2 aromatic carbocycles. The summed E-state index contributed by atoms with van der Waals surface area (Å²) in [5.74, 6) is -1.14. The van der Waals surface area contributed by atoms with E-state index in [9.17, 15) is 27.2 Å². The van der Waals surface area contributed by atoms with Crippen molar-refractivity contribution in [2.75, 3.05) is 13.7 Å². The van der Waals surface area contributed by atoms with Gasteiger partial charge in [0.05, 0.1) is 24.7 Å². The normalized spacial score (nSPS) is 13.7. The van der Waals surface area contributed by atoms with Gasteiger partial charge in [0.15, 0.2) is 35.4 Å². The van der Waals surface area contributed by atoms with E-state index in [1.165, 1.54) is 37.4 Å². The number of ether oxygens (including phenoxy) is 4. The molecule has 0 amide bonds. The summed E-state index contributed by atoms with van der Waals surface area (Å²) in [5.41, 5.74) is 0.439. The van der Waals surface area contributed by atoms with Gasteiger partial charge in [-0.2, -0.15) is 21.9 Å². The highest BCUT2D eigenvalue weighted by Gasteiger charge is 2.27. The number of nitrogens with zero attached hydrogens (tertiary/aromatic N) is 1. The van der Waals surface area contributed by atoms with Crippen molar-refractivity contribution in [2.45, 2.75) is 32.0 Å². The maximum Gasteiger partial charge on any atom is 0.387 e. The van der Waals surface area contributed by atoms with Crippen LogP contribution in [0.5, 0.6) is 23.0 Å². The fourth-order valence-corrected chi connectivity index (χ4v) is 4.93. The molecule has 1 unspecified atom stereocenters. The van der Waals surface area contributed by atoms with Crippen LogP contribution in [0.3, 0.4) is 0 Å². The molecule has 3 aromatic rings. The number of benzene rings is 2. The lowest BCUT2D eigenvalue weighted by Gasteiger charge is -2.22. The summed E-state index contributed by atoms with van der Waals surface area (Å²) in [6, 6.07) is 7.78. The van der Waals surface area contributed by atoms with Crippen LogP contribution >= 0.6 is 23.2 Å². The molecule has 1 aliphatic carbocycles. The van der Waals surface area contributed by atoms with E-state index >= 15 is 0 Å². The van der Waals surface area contributed by atoms with E-state index < -0.39 is 28.8 Å². The third-order valence-corrected chi connectivity index (χ3v) is 7.70. The second-order valence-electron chi connectivity index (χ2n) is 9.34. The first-order valence-electron chi connectivity index (χ1n) is 12.6. The van der Waals surface area contributed by atoms with Gasteiger partial charge in [-0.15, -0.1) is 0 Å². The lowest BCUT2D eigenvalue weighted by atomic mass is 10.0. The molecule has 0 radical (unpaired) electrons. The molecular weight excluding hydrogens is 635 g/mol. The number of esters is 1. The predicted molar refractivity (Wildman–Crippen MR) is 151 cm³/mol. The zero-order valence-electron chi connectivity index (χ0n) is 22.5. The number of pyridine rings is 1. The summed E-state index contributed by atoms with van der Waals surface area (Å²) in [6.07, 6.45) is 2.72. The largest absolute Gasteiger partial charge is 0.619 e. The number of methoxy groups -OCH3 is 1. The number of hydrogen-bond acceptors (Lipinski definition) is 9. The van der Waals surface area contributed by atoms with E-state index in [4.69, 9.17) is 41.6 Å². The van der Waals surface area contributed by atoms with Crippen molar-refractivity contribution in [3.63, 3.8) is 0 Å². The summed E-state index contributed by atoms with van der Waals surface area (Å²) in [6.45, 7) is 0.342. The second kappa shape index (κ2) is 13.7. The Kier molecular flexibility index (Phi) is 10.2. The molecule has 0 saturated heterocycles. The first-order chi connectivity index (χ1) is 20.4. The molecular formula is C28H25Cl2F2NO9S. The van der Waals surface area contributed by atoms with Gasteiger partial charge < -0.3 is 28.3 Å². The predicted octanol–water partition coefficient (Wildman–Crippen LogP) is 6.02. The number of carbonyl (C=O) groups is 1. The Bertz CT molecular complexity index is 1590. The number of rotatable bonds is 14. The molecule has 1 aromatic heterocycles. The minimum absolute atomic E-state index is 0.00294. The van der Waals surface area contributed by atoms with E-state index in [-0.39, 0.29) is 63.1 Å². The summed E-state index contributed by atoms with van der Waals surface area (Å²) < 4.78 is 76.8. The minimum atomic E-state index is -4.20. The van der Waals surface area contributed by atoms with Gasteiger partial charge >= 0.3 is 22.7 Å². The monoisotopic (exact) mass is 659 g/mol. The summed E-state index contributed by atoms with van der Waals surface area (Å²) in [4.78, 5) is 13.4. The molecule has 1 aliphatic rings. The van der Waals surface area contributed by atoms with Crippen LogP contribution in [0.25, 0.3) is 0 Å². The van der Waals surface area contributed by atoms with E-state index in [0.717, 1.165) is 31.3 Å². The average Bonchev–Trinajstić information content (AvgIpc) is 3.78. The summed E-state index contributed by atoms with van der Waals surface area (Å²) >= 11 is 12.6. The third kappa shape index (κ3) is 8.62. The Morgan fingerprint density at radius 1 is 1.09 bits per heavy atom. The van der Waals surface area contributed by atoms with Gasteiger partial charge in [0.25, 0.3) is 0 Å². The number of alkyl halides is 2. The third-order valence-electron chi connectivity index (χ3n) is 6.23. The molecule has 1 fully saturated rings. The zero-order chi connectivity index (χ0) is 31.3. The Morgan fingerprint density at radius 3 is 2.37 bits per heavy atom. The molecule has 0 spiro atoms. The molecule has 1 heterocycles. The van der Waals surface area contributed by atoms with E-state index in [1.54, 1.807) is 0 Å². The van der Waals surface area contributed by atoms with Crippen LogP contribution in [0, 0.1) is 11.1 Å². The summed E-state index contributed by atoms with van der Waals surface area (Å²) in [5, 5.41) is 12.3. The quantitative estimate of drug-likeness (QED) is 0.0884. The Balaban J connectivity index is 1.72. The smallest absolute Gasteiger partial charge is 0.387 e. The second-order valence-corrected chi connectivity index (χ2v) is 11.6. The highest BCUT2D eigenvalue weighted by molar-refractivity contribution is 7.90. The highest BCUT2D eigenvalue weighted by Crippen LogP contribution is 2.38. The van der Waals surface area contributed by atoms with Crippen molar-refractivity contribution >= 4 is 39.3 Å². The van der Waals surface area contributed by atoms with Crippen LogP contribution in [-0.4, -0.2) is 34.7 Å². The van der Waals surface area contributed by atoms with Crippen molar-refractivity contribution in [1.82, 2.24) is 0 Å². The standard InChI is InChI=1S/C28H25Cl2F2NO9S/c1-3-43(36,37)42-26-11-18(7-8-22(26)38-2)27(34)40-24(12-19-20(29)13-33(35)14-21(19)30)17-6-9-23(41-28(31)32)25(10-17)39-15-16-4-5-16/h3,6-11,13-14,16,24,28H,1,4-5,12,15H2,2H3. The van der Waals surface area contributed by atoms with Gasteiger partial charge in [-0.1, -0.05) is 35.8 Å². The fraction of sp³-hybridized carbons (Fsp3) is 0.286. The van der Waals surface area contributed by atoms with Gasteiger partial charge in [0.1, 0.15) is 16.1 Å². The Hall–Kier alpha value is -3.81. The minimum Gasteiger partial charge on any atom is -0.619 e. The molecule has 230 valence electrons. The van der Waals surface area contributed by atoms with E-state index in [2.05, 4.69) is 11.3 Å². The Labute approximate surface area is 256 Å². The van der Waals surface area contributed by atoms with Gasteiger partial charge in [0, 0.05) is 18.1 Å². The molecule has 15 heteroatoms. The molecule has 4 rings (SSSR count). The highest BCUT2D eigenvalue weighted by atomic mass is 35.5. The molecule has 1 saturated carbocycles. The van der Waals surface area contributed by atoms with Gasteiger partial charge in [0.2, 0.25) is 0 Å². The topological polar surface area (TPSA) is 124 Å². The van der Waals surface area contributed by atoms with Crippen LogP contribution in [-0.2, 0) is 21.3 Å². The molecule has 1 atom stereocenters. The van der Waals surface area contributed by atoms with Crippen LogP contribution in [0.1, 0.15) is 40.4 Å². The molecule has 0 aliphatic heterocycles. The van der Waals surface area contributed by atoms with E-state index in [0.29, 0.717) is 15.7 Å². The number of halogens is 4. The maximum absolute atomic E-state index is 13.4. The SMILES string of the molecule is C=CS(=O)(=O)Oc1cc(C(=O)OC(Cc2c(Cl)c[n+]([O-])cc2Cl)c2ccc(OC(F)F)c(OCC3CC3)c2)ccc1OC. The van der Waals surface area contributed by atoms with Crippen LogP contribution < -0.4 is 23.1 Å². The van der Waals surface area contributed by atoms with Crippen molar-refractivity contribution in [2.24, 2.45) is 5.92 Å². The maximum atomic E-state index is 13.4. The average molecular weight is 660 g/mol. The van der Waals surface area contributed by atoms with Gasteiger partial charge in [-0.25, -0.2) is 4.79 Å². The summed E-state index contributed by atoms with van der Waals surface area (Å²) in [7, 11) is -2.92. The van der Waals surface area contributed by atoms with Crippen LogP contribution in [0.4, 0.5) is 8.78 Å². The van der Waals surface area contributed by atoms with Crippen molar-refractivity contribution in [1.29, 1.82) is 0 Å². The molecule has 43 heavy (non-hydrogen) atoms. The van der Waals surface area contributed by atoms with Crippen LogP contribution in [0.2, 0.25) is 10.0 Å². The van der Waals surface area contributed by atoms with Crippen molar-refractivity contribution in [3.8, 4) is 23.0 Å². The molecule has 0 N–H and O–H groups in total. The van der Waals surface area contributed by atoms with Crippen molar-refractivity contribution in [3.05, 3.63) is 92.7 Å². The Morgan fingerprint density at radius 2 is 1.77 bits per heavy atom. The van der Waals surface area contributed by atoms with Gasteiger partial charge in [-0.05, 0) is 48.6 Å². The zero-order valence-corrected chi connectivity index (χ0v) is 24.8. The lowest BCUT2D eigenvalue weighted by Crippen LogP contribution is -2.25. The molecule has 10 nitrogen and oxygen atoms in total. The van der Waals surface area contributed by atoms with Gasteiger partial charge in [-0.3, -0.25) is 0 Å².